The molecule has 1 aromatic rings. The van der Waals surface area contributed by atoms with Gasteiger partial charge in [-0.2, -0.15) is 13.2 Å². The van der Waals surface area contributed by atoms with E-state index in [0.29, 0.717) is 12.0 Å². The Bertz CT molecular complexity index is 337. The summed E-state index contributed by atoms with van der Waals surface area (Å²) in [6, 6.07) is 4.35. The topological polar surface area (TPSA) is 0 Å². The van der Waals surface area contributed by atoms with Crippen LogP contribution in [0.25, 0.3) is 0 Å². The van der Waals surface area contributed by atoms with Crippen molar-refractivity contribution in [3.8, 4) is 0 Å². The van der Waals surface area contributed by atoms with Crippen LogP contribution in [0.3, 0.4) is 0 Å². The molecule has 76 valence electrons. The van der Waals surface area contributed by atoms with E-state index in [-0.39, 0.29) is 5.56 Å². The van der Waals surface area contributed by atoms with Crippen molar-refractivity contribution in [3.05, 3.63) is 47.5 Å². The van der Waals surface area contributed by atoms with Gasteiger partial charge in [-0.15, -0.1) is 6.58 Å². The molecular weight excluding hydrogens is 189 g/mol. The zero-order chi connectivity index (χ0) is 10.8. The first-order chi connectivity index (χ1) is 6.45. The Hall–Kier alpha value is -1.25. The number of alkyl halides is 3. The Morgan fingerprint density at radius 1 is 1.36 bits per heavy atom. The van der Waals surface area contributed by atoms with Crippen LogP contribution in [0.1, 0.15) is 16.7 Å². The van der Waals surface area contributed by atoms with Gasteiger partial charge in [0.05, 0.1) is 5.56 Å². The number of rotatable bonds is 2. The predicted molar refractivity (Wildman–Crippen MR) is 50.1 cm³/mol. The average Bonchev–Trinajstić information content (AvgIpc) is 2.07. The van der Waals surface area contributed by atoms with E-state index in [9.17, 15) is 13.2 Å². The van der Waals surface area contributed by atoms with Gasteiger partial charge in [0.1, 0.15) is 0 Å². The summed E-state index contributed by atoms with van der Waals surface area (Å²) in [5.74, 6) is 0. The van der Waals surface area contributed by atoms with Gasteiger partial charge in [0, 0.05) is 0 Å². The van der Waals surface area contributed by atoms with Crippen LogP contribution in [-0.4, -0.2) is 0 Å². The van der Waals surface area contributed by atoms with Gasteiger partial charge < -0.3 is 0 Å². The molecule has 0 saturated heterocycles. The Morgan fingerprint density at radius 3 is 2.50 bits per heavy atom. The number of aryl methyl sites for hydroxylation is 1. The molecule has 1 rings (SSSR count). The fourth-order valence-corrected chi connectivity index (χ4v) is 1.27. The van der Waals surface area contributed by atoms with Crippen LogP contribution in [0.4, 0.5) is 13.2 Å². The van der Waals surface area contributed by atoms with Crippen LogP contribution < -0.4 is 0 Å². The summed E-state index contributed by atoms with van der Waals surface area (Å²) in [6.07, 6.45) is -2.21. The highest BCUT2D eigenvalue weighted by molar-refractivity contribution is 5.33. The third kappa shape index (κ3) is 2.37. The van der Waals surface area contributed by atoms with Crippen LogP contribution in [0.5, 0.6) is 0 Å². The minimum absolute atomic E-state index is 0.255. The number of hydrogen-bond acceptors (Lipinski definition) is 0. The average molecular weight is 200 g/mol. The summed E-state index contributed by atoms with van der Waals surface area (Å²) in [4.78, 5) is 0. The van der Waals surface area contributed by atoms with Gasteiger partial charge in [-0.05, 0) is 30.5 Å². The lowest BCUT2D eigenvalue weighted by Crippen LogP contribution is -2.07. The number of benzene rings is 1. The summed E-state index contributed by atoms with van der Waals surface area (Å²) >= 11 is 0. The van der Waals surface area contributed by atoms with E-state index in [4.69, 9.17) is 0 Å². The van der Waals surface area contributed by atoms with Crippen LogP contribution in [0, 0.1) is 6.92 Å². The number of hydrogen-bond donors (Lipinski definition) is 0. The second kappa shape index (κ2) is 3.86. The minimum atomic E-state index is -4.26. The SMILES string of the molecule is C=CCc1ccc(C)c(C(F)(F)F)c1. The van der Waals surface area contributed by atoms with E-state index in [1.54, 1.807) is 12.1 Å². The fraction of sp³-hybridized carbons (Fsp3) is 0.273. The molecular formula is C11H11F3. The number of allylic oxidation sites excluding steroid dienone is 1. The molecule has 0 aliphatic carbocycles. The first-order valence-corrected chi connectivity index (χ1v) is 4.23. The molecule has 0 bridgehead atoms. The van der Waals surface area contributed by atoms with E-state index in [1.807, 2.05) is 0 Å². The summed E-state index contributed by atoms with van der Waals surface area (Å²) in [5.41, 5.74) is 0.333. The highest BCUT2D eigenvalue weighted by Gasteiger charge is 2.32. The molecule has 14 heavy (non-hydrogen) atoms. The molecule has 0 nitrogen and oxygen atoms in total. The summed E-state index contributed by atoms with van der Waals surface area (Å²) < 4.78 is 37.3. The van der Waals surface area contributed by atoms with E-state index >= 15 is 0 Å². The van der Waals surface area contributed by atoms with Crippen molar-refractivity contribution in [1.29, 1.82) is 0 Å². The molecule has 3 heteroatoms. The maximum atomic E-state index is 12.4. The van der Waals surface area contributed by atoms with Crippen molar-refractivity contribution in [1.82, 2.24) is 0 Å². The second-order valence-electron chi connectivity index (χ2n) is 3.14. The Balaban J connectivity index is 3.15. The minimum Gasteiger partial charge on any atom is -0.166 e. The van der Waals surface area contributed by atoms with Gasteiger partial charge in [0.15, 0.2) is 0 Å². The first-order valence-electron chi connectivity index (χ1n) is 4.23. The molecule has 0 N–H and O–H groups in total. The van der Waals surface area contributed by atoms with E-state index in [0.717, 1.165) is 0 Å². The molecule has 0 saturated carbocycles. The first kappa shape index (κ1) is 10.8. The molecule has 0 amide bonds. The molecule has 0 aliphatic rings. The molecule has 0 heterocycles. The molecule has 0 fully saturated rings. The van der Waals surface area contributed by atoms with Gasteiger partial charge in [-0.1, -0.05) is 18.2 Å². The largest absolute Gasteiger partial charge is 0.416 e. The molecule has 0 atom stereocenters. The lowest BCUT2D eigenvalue weighted by Gasteiger charge is -2.11. The Morgan fingerprint density at radius 2 is 2.00 bits per heavy atom. The van der Waals surface area contributed by atoms with E-state index in [1.165, 1.54) is 19.1 Å². The molecule has 0 radical (unpaired) electrons. The molecule has 0 aromatic heterocycles. The normalized spacial score (nSPS) is 11.4. The fourth-order valence-electron chi connectivity index (χ4n) is 1.27. The summed E-state index contributed by atoms with van der Waals surface area (Å²) in [7, 11) is 0. The highest BCUT2D eigenvalue weighted by Crippen LogP contribution is 2.32. The van der Waals surface area contributed by atoms with Crippen molar-refractivity contribution in [2.75, 3.05) is 0 Å². The molecule has 1 aromatic carbocycles. The third-order valence-electron chi connectivity index (χ3n) is 1.99. The monoisotopic (exact) mass is 200 g/mol. The Kier molecular flexibility index (Phi) is 2.99. The van der Waals surface area contributed by atoms with Gasteiger partial charge in [-0.3, -0.25) is 0 Å². The van der Waals surface area contributed by atoms with Gasteiger partial charge in [-0.25, -0.2) is 0 Å². The van der Waals surface area contributed by atoms with Crippen LogP contribution in [0.15, 0.2) is 30.9 Å². The van der Waals surface area contributed by atoms with Crippen molar-refractivity contribution >= 4 is 0 Å². The van der Waals surface area contributed by atoms with Crippen molar-refractivity contribution in [2.45, 2.75) is 19.5 Å². The standard InChI is InChI=1S/C11H11F3/c1-3-4-9-6-5-8(2)10(7-9)11(12,13)14/h3,5-7H,1,4H2,2H3. The zero-order valence-corrected chi connectivity index (χ0v) is 7.86. The summed E-state index contributed by atoms with van der Waals surface area (Å²) in [5, 5.41) is 0. The van der Waals surface area contributed by atoms with Crippen molar-refractivity contribution < 1.29 is 13.2 Å². The molecule has 0 unspecified atom stereocenters. The van der Waals surface area contributed by atoms with Crippen LogP contribution in [-0.2, 0) is 12.6 Å². The van der Waals surface area contributed by atoms with Crippen molar-refractivity contribution in [3.63, 3.8) is 0 Å². The molecule has 0 spiro atoms. The van der Waals surface area contributed by atoms with E-state index in [2.05, 4.69) is 6.58 Å². The Labute approximate surface area is 81.1 Å². The zero-order valence-electron chi connectivity index (χ0n) is 7.86. The lowest BCUT2D eigenvalue weighted by atomic mass is 10.0. The van der Waals surface area contributed by atoms with E-state index < -0.39 is 11.7 Å². The van der Waals surface area contributed by atoms with Crippen LogP contribution in [0.2, 0.25) is 0 Å². The quantitative estimate of drug-likeness (QED) is 0.638. The van der Waals surface area contributed by atoms with Crippen molar-refractivity contribution in [2.24, 2.45) is 0 Å². The lowest BCUT2D eigenvalue weighted by molar-refractivity contribution is -0.138. The maximum absolute atomic E-state index is 12.4. The van der Waals surface area contributed by atoms with Gasteiger partial charge in [0.25, 0.3) is 0 Å². The highest BCUT2D eigenvalue weighted by atomic mass is 19.4. The van der Waals surface area contributed by atoms with Gasteiger partial charge in [0.2, 0.25) is 0 Å². The van der Waals surface area contributed by atoms with Crippen LogP contribution >= 0.6 is 0 Å². The number of halogens is 3. The second-order valence-corrected chi connectivity index (χ2v) is 3.14. The van der Waals surface area contributed by atoms with Gasteiger partial charge >= 0.3 is 6.18 Å². The third-order valence-corrected chi connectivity index (χ3v) is 1.99. The molecule has 0 aliphatic heterocycles. The predicted octanol–water partition coefficient (Wildman–Crippen LogP) is 3.74. The maximum Gasteiger partial charge on any atom is 0.416 e. The smallest absolute Gasteiger partial charge is 0.166 e. The summed E-state index contributed by atoms with van der Waals surface area (Å²) in [6.45, 7) is 4.95.